The monoisotopic (exact) mass is 678 g/mol. The van der Waals surface area contributed by atoms with Crippen molar-refractivity contribution in [3.63, 3.8) is 0 Å². The Morgan fingerprint density at radius 2 is 1.54 bits per heavy atom. The van der Waals surface area contributed by atoms with Gasteiger partial charge in [0.1, 0.15) is 18.3 Å². The fraction of sp³-hybridized carbons (Fsp3) is 0.417. The molecule has 0 unspecified atom stereocenters. The van der Waals surface area contributed by atoms with Gasteiger partial charge < -0.3 is 20.1 Å². The highest BCUT2D eigenvalue weighted by Crippen LogP contribution is 2.25. The number of urea groups is 1. The average Bonchev–Trinajstić information content (AvgIpc) is 3.31. The summed E-state index contributed by atoms with van der Waals surface area (Å²) in [6.45, 7) is 6.98. The van der Waals surface area contributed by atoms with Crippen molar-refractivity contribution in [2.45, 2.75) is 70.2 Å². The number of hydrogen-bond acceptors (Lipinski definition) is 7. The van der Waals surface area contributed by atoms with Crippen molar-refractivity contribution in [1.29, 1.82) is 0 Å². The number of aliphatic hydroxyl groups excluding tert-OH is 1. The molecule has 1 fully saturated rings. The number of imide groups is 1. The van der Waals surface area contributed by atoms with Crippen LogP contribution in [0.1, 0.15) is 44.4 Å². The summed E-state index contributed by atoms with van der Waals surface area (Å²) in [7, 11) is -2.54. The second-order valence-corrected chi connectivity index (χ2v) is 14.6. The molecular formula is C36H46N4O7S. The molecule has 1 aliphatic rings. The average molecular weight is 679 g/mol. The van der Waals surface area contributed by atoms with Crippen molar-refractivity contribution in [3.05, 3.63) is 95.6 Å². The third-order valence-electron chi connectivity index (χ3n) is 8.26. The van der Waals surface area contributed by atoms with Crippen molar-refractivity contribution in [2.24, 2.45) is 11.8 Å². The van der Waals surface area contributed by atoms with Gasteiger partial charge in [0.15, 0.2) is 0 Å². The van der Waals surface area contributed by atoms with E-state index >= 15 is 0 Å². The molecule has 0 bridgehead atoms. The smallest absolute Gasteiger partial charge is 0.328 e. The van der Waals surface area contributed by atoms with Crippen LogP contribution in [0, 0.1) is 11.8 Å². The van der Waals surface area contributed by atoms with Gasteiger partial charge in [0.25, 0.3) is 5.91 Å². The van der Waals surface area contributed by atoms with E-state index in [-0.39, 0.29) is 42.8 Å². The van der Waals surface area contributed by atoms with Crippen LogP contribution < -0.4 is 14.8 Å². The van der Waals surface area contributed by atoms with Gasteiger partial charge >= 0.3 is 6.03 Å². The van der Waals surface area contributed by atoms with Crippen molar-refractivity contribution >= 4 is 27.9 Å². The molecule has 1 aliphatic heterocycles. The van der Waals surface area contributed by atoms with Crippen LogP contribution in [-0.2, 0) is 39.0 Å². The van der Waals surface area contributed by atoms with E-state index < -0.39 is 46.1 Å². The zero-order chi connectivity index (χ0) is 35.0. The third kappa shape index (κ3) is 9.21. The first-order valence-corrected chi connectivity index (χ1v) is 17.6. The zero-order valence-electron chi connectivity index (χ0n) is 28.1. The molecular weight excluding hydrogens is 632 g/mol. The van der Waals surface area contributed by atoms with E-state index in [0.717, 1.165) is 16.0 Å². The Balaban J connectivity index is 1.53. The van der Waals surface area contributed by atoms with E-state index in [4.69, 9.17) is 4.74 Å². The van der Waals surface area contributed by atoms with Gasteiger partial charge in [-0.1, -0.05) is 88.4 Å². The van der Waals surface area contributed by atoms with E-state index in [1.54, 1.807) is 26.0 Å². The molecule has 3 N–H and O–H groups in total. The van der Waals surface area contributed by atoms with Crippen LogP contribution >= 0.6 is 0 Å². The lowest BCUT2D eigenvalue weighted by Gasteiger charge is -2.32. The van der Waals surface area contributed by atoms with E-state index in [0.29, 0.717) is 17.7 Å². The maximum atomic E-state index is 13.9. The number of ether oxygens (including phenoxy) is 1. The summed E-state index contributed by atoms with van der Waals surface area (Å²) in [5.74, 6) is -0.616. The summed E-state index contributed by atoms with van der Waals surface area (Å²) in [6.07, 6.45) is -0.650. The highest BCUT2D eigenvalue weighted by molar-refractivity contribution is 7.89. The van der Waals surface area contributed by atoms with Crippen molar-refractivity contribution in [3.8, 4) is 5.75 Å². The van der Waals surface area contributed by atoms with Gasteiger partial charge in [0.05, 0.1) is 30.7 Å². The maximum Gasteiger partial charge on any atom is 0.328 e. The topological polar surface area (TPSA) is 145 Å². The molecule has 48 heavy (non-hydrogen) atoms. The second kappa shape index (κ2) is 16.2. The first-order chi connectivity index (χ1) is 22.8. The SMILES string of the molecule is COc1ccc(S(=O)(=O)NC[C@@H](O)[C@H](Cc2ccccc2)NC(=O)[C@H](C(C)C)N2CC(=O)N(Cc3ccccc3)C2=O)c(CC(C)C)c1. The number of aliphatic hydroxyl groups is 1. The number of nitrogens with one attached hydrogen (secondary N) is 2. The molecule has 0 spiro atoms. The van der Waals surface area contributed by atoms with Crippen LogP contribution in [0.2, 0.25) is 0 Å². The maximum absolute atomic E-state index is 13.9. The lowest BCUT2D eigenvalue weighted by atomic mass is 9.98. The van der Waals surface area contributed by atoms with Crippen LogP contribution in [0.4, 0.5) is 4.79 Å². The van der Waals surface area contributed by atoms with Crippen LogP contribution in [0.3, 0.4) is 0 Å². The third-order valence-corrected chi connectivity index (χ3v) is 9.79. The van der Waals surface area contributed by atoms with E-state index in [1.807, 2.05) is 74.5 Å². The lowest BCUT2D eigenvalue weighted by Crippen LogP contribution is -2.57. The minimum atomic E-state index is -4.05. The van der Waals surface area contributed by atoms with Gasteiger partial charge in [-0.2, -0.15) is 0 Å². The van der Waals surface area contributed by atoms with Gasteiger partial charge in [-0.3, -0.25) is 14.5 Å². The van der Waals surface area contributed by atoms with E-state index in [9.17, 15) is 27.9 Å². The number of nitrogens with zero attached hydrogens (tertiary/aromatic N) is 2. The van der Waals surface area contributed by atoms with Gasteiger partial charge in [-0.05, 0) is 59.6 Å². The molecule has 1 saturated heterocycles. The molecule has 0 aliphatic carbocycles. The predicted molar refractivity (Wildman–Crippen MR) is 183 cm³/mol. The molecule has 12 heteroatoms. The van der Waals surface area contributed by atoms with Crippen molar-refractivity contribution in [1.82, 2.24) is 19.8 Å². The van der Waals surface area contributed by atoms with Gasteiger partial charge in [0.2, 0.25) is 15.9 Å². The summed E-state index contributed by atoms with van der Waals surface area (Å²) in [5.41, 5.74) is 2.18. The van der Waals surface area contributed by atoms with Gasteiger partial charge in [-0.15, -0.1) is 0 Å². The lowest BCUT2D eigenvalue weighted by molar-refractivity contribution is -0.128. The Labute approximate surface area is 283 Å². The Hall–Kier alpha value is -4.26. The molecule has 4 amide bonds. The highest BCUT2D eigenvalue weighted by atomic mass is 32.2. The van der Waals surface area contributed by atoms with Crippen LogP contribution in [0.25, 0.3) is 0 Å². The largest absolute Gasteiger partial charge is 0.497 e. The fourth-order valence-electron chi connectivity index (χ4n) is 5.88. The Morgan fingerprint density at radius 1 is 0.917 bits per heavy atom. The zero-order valence-corrected chi connectivity index (χ0v) is 28.9. The number of methoxy groups -OCH3 is 1. The van der Waals surface area contributed by atoms with Gasteiger partial charge in [0, 0.05) is 6.54 Å². The van der Waals surface area contributed by atoms with Crippen LogP contribution in [0.5, 0.6) is 5.75 Å². The number of rotatable bonds is 16. The molecule has 3 aromatic rings. The van der Waals surface area contributed by atoms with Crippen molar-refractivity contribution < 1.29 is 32.6 Å². The highest BCUT2D eigenvalue weighted by Gasteiger charge is 2.44. The van der Waals surface area contributed by atoms with E-state index in [1.165, 1.54) is 18.1 Å². The summed E-state index contributed by atoms with van der Waals surface area (Å²) in [6, 6.07) is 20.6. The van der Waals surface area contributed by atoms with Gasteiger partial charge in [-0.25, -0.2) is 17.9 Å². The van der Waals surface area contributed by atoms with Crippen LogP contribution in [0.15, 0.2) is 83.8 Å². The number of hydrogen-bond donors (Lipinski definition) is 3. The summed E-state index contributed by atoms with van der Waals surface area (Å²) >= 11 is 0. The number of amides is 4. The summed E-state index contributed by atoms with van der Waals surface area (Å²) < 4.78 is 34.9. The quantitative estimate of drug-likeness (QED) is 0.196. The normalized spacial score (nSPS) is 15.6. The van der Waals surface area contributed by atoms with Crippen molar-refractivity contribution in [2.75, 3.05) is 20.2 Å². The first-order valence-electron chi connectivity index (χ1n) is 16.1. The Bertz CT molecular complexity index is 1670. The molecule has 11 nitrogen and oxygen atoms in total. The second-order valence-electron chi connectivity index (χ2n) is 12.9. The molecule has 1 heterocycles. The molecule has 3 aromatic carbocycles. The standard InChI is InChI=1S/C36H46N4O7S/c1-24(2)18-28-20-29(47-5)16-17-32(28)48(45,46)37-21-31(41)30(19-26-12-8-6-9-13-26)38-35(43)34(25(3)4)40-23-33(42)39(36(40)44)22-27-14-10-7-11-15-27/h6-17,20,24-25,30-31,34,37,41H,18-19,21-23H2,1-5H3,(H,38,43)/t30-,31+,34-/m0/s1. The fourth-order valence-corrected chi connectivity index (χ4v) is 7.16. The minimum Gasteiger partial charge on any atom is -0.497 e. The molecule has 0 radical (unpaired) electrons. The molecule has 0 saturated carbocycles. The predicted octanol–water partition coefficient (Wildman–Crippen LogP) is 3.75. The number of carbonyl (C=O) groups excluding carboxylic acids is 3. The van der Waals surface area contributed by atoms with Crippen LogP contribution in [-0.4, -0.2) is 79.6 Å². The summed E-state index contributed by atoms with van der Waals surface area (Å²) in [5, 5.41) is 14.3. The Morgan fingerprint density at radius 3 is 2.12 bits per heavy atom. The molecule has 4 rings (SSSR count). The van der Waals surface area contributed by atoms with E-state index in [2.05, 4.69) is 10.0 Å². The minimum absolute atomic E-state index is 0.0873. The number of carbonyl (C=O) groups is 3. The first kappa shape index (κ1) is 36.6. The Kier molecular flexibility index (Phi) is 12.4. The molecule has 0 aromatic heterocycles. The molecule has 3 atom stereocenters. The number of sulfonamides is 1. The molecule has 258 valence electrons. The summed E-state index contributed by atoms with van der Waals surface area (Å²) in [4.78, 5) is 42.9. The number of benzene rings is 3.